The lowest BCUT2D eigenvalue weighted by Crippen LogP contribution is -2.24. The Bertz CT molecular complexity index is 1040. The average Bonchev–Trinajstić information content (AvgIpc) is 2.79. The van der Waals surface area contributed by atoms with Crippen LogP contribution in [-0.2, 0) is 0 Å². The van der Waals surface area contributed by atoms with Gasteiger partial charge in [0.25, 0.3) is 0 Å². The summed E-state index contributed by atoms with van der Waals surface area (Å²) in [5, 5.41) is 10.6. The summed E-state index contributed by atoms with van der Waals surface area (Å²) in [5.74, 6) is 1.51. The summed E-state index contributed by atoms with van der Waals surface area (Å²) in [7, 11) is 1.96. The zero-order valence-electron chi connectivity index (χ0n) is 21.0. The molecule has 6 nitrogen and oxygen atoms in total. The third-order valence-corrected chi connectivity index (χ3v) is 5.40. The summed E-state index contributed by atoms with van der Waals surface area (Å²) >= 11 is 0. The molecule has 0 saturated carbocycles. The van der Waals surface area contributed by atoms with Crippen molar-refractivity contribution in [2.45, 2.75) is 40.5 Å². The van der Waals surface area contributed by atoms with E-state index in [0.717, 1.165) is 47.2 Å². The van der Waals surface area contributed by atoms with Crippen LogP contribution in [0.25, 0.3) is 0 Å². The van der Waals surface area contributed by atoms with E-state index in [1.54, 1.807) is 0 Å². The predicted octanol–water partition coefficient (Wildman–Crippen LogP) is 7.99. The molecule has 3 aromatic carbocycles. The Morgan fingerprint density at radius 1 is 0.882 bits per heavy atom. The molecule has 0 saturated heterocycles. The lowest BCUT2D eigenvalue weighted by molar-refractivity contribution is 0.240. The highest BCUT2D eigenvalue weighted by Crippen LogP contribution is 2.27. The van der Waals surface area contributed by atoms with Crippen molar-refractivity contribution in [2.75, 3.05) is 29.8 Å². The van der Waals surface area contributed by atoms with Gasteiger partial charge in [-0.25, -0.2) is 0 Å². The van der Waals surface area contributed by atoms with Crippen LogP contribution in [0.2, 0.25) is 0 Å². The maximum absolute atomic E-state index is 5.90. The third-order valence-electron chi connectivity index (χ3n) is 5.40. The normalized spacial score (nSPS) is 12.5. The second-order valence-corrected chi connectivity index (χ2v) is 10.0. The van der Waals surface area contributed by atoms with Gasteiger partial charge in [-0.15, -0.1) is 0 Å². The molecule has 3 aromatic rings. The second kappa shape index (κ2) is 11.5. The second-order valence-electron chi connectivity index (χ2n) is 10.0. The molecule has 180 valence electrons. The summed E-state index contributed by atoms with van der Waals surface area (Å²) in [6, 6.07) is 23.2. The molecule has 1 atom stereocenters. The molecular weight excluding hydrogens is 422 g/mol. The molecule has 3 rings (SSSR count). The Morgan fingerprint density at radius 2 is 1.44 bits per heavy atom. The van der Waals surface area contributed by atoms with Gasteiger partial charge in [-0.05, 0) is 97.0 Å². The number of ether oxygens (including phenoxy) is 1. The molecule has 0 bridgehead atoms. The van der Waals surface area contributed by atoms with E-state index in [9.17, 15) is 0 Å². The minimum Gasteiger partial charge on any atom is -0.494 e. The lowest BCUT2D eigenvalue weighted by atomic mass is 9.84. The molecule has 34 heavy (non-hydrogen) atoms. The molecule has 0 spiro atoms. The van der Waals surface area contributed by atoms with Crippen LogP contribution in [0, 0.1) is 11.3 Å². The Kier molecular flexibility index (Phi) is 8.52. The van der Waals surface area contributed by atoms with Gasteiger partial charge in [-0.1, -0.05) is 27.7 Å². The molecule has 0 amide bonds. The van der Waals surface area contributed by atoms with Crippen molar-refractivity contribution < 1.29 is 4.74 Å². The molecular formula is C28H37N5O. The fourth-order valence-electron chi connectivity index (χ4n) is 3.81. The molecule has 0 aliphatic rings. The van der Waals surface area contributed by atoms with Crippen molar-refractivity contribution >= 4 is 28.4 Å². The number of hydrogen-bond donors (Lipinski definition) is 2. The number of anilines is 3. The number of nitrogens with two attached hydrogens (primary N) is 1. The first-order valence-corrected chi connectivity index (χ1v) is 11.8. The number of rotatable bonds is 10. The SMILES string of the molecule is CC(CCOc1ccc(/N=N/c2ccc(N(C)Nc3ccc(N)cc3)cc2)cc1)CC(C)(C)C. The fraction of sp³-hybridized carbons (Fsp3) is 0.357. The first kappa shape index (κ1) is 25.1. The smallest absolute Gasteiger partial charge is 0.119 e. The van der Waals surface area contributed by atoms with Crippen LogP contribution >= 0.6 is 0 Å². The molecule has 3 N–H and O–H groups in total. The van der Waals surface area contributed by atoms with Gasteiger partial charge in [0.2, 0.25) is 0 Å². The standard InChI is InChI=1S/C28H37N5O/c1-21(20-28(2,3)4)18-19-34-27-16-12-24(13-17-27)31-30-23-10-14-26(15-11-23)33(5)32-25-8-6-22(29)7-9-25/h6-17,21,32H,18-20,29H2,1-5H3/b31-30+. The van der Waals surface area contributed by atoms with Gasteiger partial charge in [0.1, 0.15) is 5.75 Å². The van der Waals surface area contributed by atoms with Crippen LogP contribution in [0.5, 0.6) is 5.75 Å². The molecule has 0 radical (unpaired) electrons. The van der Waals surface area contributed by atoms with Gasteiger partial charge in [-0.3, -0.25) is 10.4 Å². The van der Waals surface area contributed by atoms with E-state index in [1.807, 2.05) is 84.9 Å². The largest absolute Gasteiger partial charge is 0.494 e. The van der Waals surface area contributed by atoms with Crippen LogP contribution in [0.3, 0.4) is 0 Å². The highest BCUT2D eigenvalue weighted by atomic mass is 16.5. The summed E-state index contributed by atoms with van der Waals surface area (Å²) in [6.07, 6.45) is 2.26. The highest BCUT2D eigenvalue weighted by molar-refractivity contribution is 5.59. The van der Waals surface area contributed by atoms with Crippen LogP contribution in [0.15, 0.2) is 83.0 Å². The van der Waals surface area contributed by atoms with E-state index in [4.69, 9.17) is 10.5 Å². The van der Waals surface area contributed by atoms with Crippen molar-refractivity contribution in [3.8, 4) is 5.75 Å². The summed E-state index contributed by atoms with van der Waals surface area (Å²) < 4.78 is 5.90. The van der Waals surface area contributed by atoms with Crippen molar-refractivity contribution in [2.24, 2.45) is 21.6 Å². The minimum absolute atomic E-state index is 0.358. The Balaban J connectivity index is 1.48. The van der Waals surface area contributed by atoms with E-state index in [-0.39, 0.29) is 0 Å². The van der Waals surface area contributed by atoms with Crippen LogP contribution in [-0.4, -0.2) is 13.7 Å². The number of nitrogen functional groups attached to an aromatic ring is 1. The van der Waals surface area contributed by atoms with E-state index in [1.165, 1.54) is 6.42 Å². The van der Waals surface area contributed by atoms with Gasteiger partial charge in [-0.2, -0.15) is 10.2 Å². The summed E-state index contributed by atoms with van der Waals surface area (Å²) in [6.45, 7) is 9.87. The van der Waals surface area contributed by atoms with Gasteiger partial charge >= 0.3 is 0 Å². The van der Waals surface area contributed by atoms with Crippen LogP contribution < -0.4 is 20.9 Å². The number of hydrazine groups is 1. The molecule has 0 aliphatic carbocycles. The van der Waals surface area contributed by atoms with Crippen molar-refractivity contribution in [3.63, 3.8) is 0 Å². The Hall–Kier alpha value is -3.54. The van der Waals surface area contributed by atoms with Crippen molar-refractivity contribution in [3.05, 3.63) is 72.8 Å². The maximum atomic E-state index is 5.90. The van der Waals surface area contributed by atoms with E-state index < -0.39 is 0 Å². The monoisotopic (exact) mass is 459 g/mol. The number of hydrogen-bond acceptors (Lipinski definition) is 6. The van der Waals surface area contributed by atoms with Crippen LogP contribution in [0.4, 0.5) is 28.4 Å². The first-order chi connectivity index (χ1) is 16.2. The Labute approximate surface area is 203 Å². The van der Waals surface area contributed by atoms with Crippen molar-refractivity contribution in [1.29, 1.82) is 0 Å². The minimum atomic E-state index is 0.358. The first-order valence-electron chi connectivity index (χ1n) is 11.8. The van der Waals surface area contributed by atoms with Crippen LogP contribution in [0.1, 0.15) is 40.5 Å². The molecule has 1 unspecified atom stereocenters. The van der Waals surface area contributed by atoms with Gasteiger partial charge in [0.05, 0.1) is 29.4 Å². The summed E-state index contributed by atoms with van der Waals surface area (Å²) in [4.78, 5) is 0. The van der Waals surface area contributed by atoms with E-state index in [2.05, 4.69) is 43.3 Å². The van der Waals surface area contributed by atoms with E-state index >= 15 is 0 Å². The predicted molar refractivity (Wildman–Crippen MR) is 143 cm³/mol. The third kappa shape index (κ3) is 8.43. The fourth-order valence-corrected chi connectivity index (χ4v) is 3.81. The Morgan fingerprint density at radius 3 is 2.00 bits per heavy atom. The topological polar surface area (TPSA) is 75.2 Å². The quantitative estimate of drug-likeness (QED) is 0.183. The summed E-state index contributed by atoms with van der Waals surface area (Å²) in [5.41, 5.74) is 13.7. The average molecular weight is 460 g/mol. The molecule has 0 aromatic heterocycles. The van der Waals surface area contributed by atoms with Crippen molar-refractivity contribution in [1.82, 2.24) is 0 Å². The van der Waals surface area contributed by atoms with Gasteiger partial charge in [0, 0.05) is 12.7 Å². The van der Waals surface area contributed by atoms with E-state index in [0.29, 0.717) is 11.3 Å². The highest BCUT2D eigenvalue weighted by Gasteiger charge is 2.15. The lowest BCUT2D eigenvalue weighted by Gasteiger charge is -2.23. The molecule has 0 heterocycles. The van der Waals surface area contributed by atoms with Gasteiger partial charge < -0.3 is 10.5 Å². The zero-order valence-corrected chi connectivity index (χ0v) is 21.0. The molecule has 0 fully saturated rings. The van der Waals surface area contributed by atoms with Gasteiger partial charge in [0.15, 0.2) is 0 Å². The number of azo groups is 1. The number of nitrogens with one attached hydrogen (secondary N) is 1. The zero-order chi connectivity index (χ0) is 24.6. The molecule has 6 heteroatoms. The number of nitrogens with zero attached hydrogens (tertiary/aromatic N) is 3. The number of benzene rings is 3. The molecule has 0 aliphatic heterocycles. The maximum Gasteiger partial charge on any atom is 0.119 e.